The summed E-state index contributed by atoms with van der Waals surface area (Å²) in [4.78, 5) is 12.1. The molecule has 17 heavy (non-hydrogen) atoms. The fraction of sp³-hybridized carbons (Fsp3) is 0.643. The van der Waals surface area contributed by atoms with Gasteiger partial charge in [0.25, 0.3) is 0 Å². The first-order valence-electron chi connectivity index (χ1n) is 6.15. The lowest BCUT2D eigenvalue weighted by Gasteiger charge is -2.49. The summed E-state index contributed by atoms with van der Waals surface area (Å²) in [5.41, 5.74) is -0.0557. The molecule has 0 radical (unpaired) electrons. The van der Waals surface area contributed by atoms with Crippen LogP contribution in [-0.2, 0) is 14.3 Å². The Balaban J connectivity index is 2.19. The van der Waals surface area contributed by atoms with Gasteiger partial charge in [0.1, 0.15) is 0 Å². The van der Waals surface area contributed by atoms with Gasteiger partial charge in [-0.25, -0.2) is 0 Å². The Bertz CT molecular complexity index is 425. The van der Waals surface area contributed by atoms with Crippen LogP contribution in [0.5, 0.6) is 0 Å². The van der Waals surface area contributed by atoms with Crippen LogP contribution in [0.4, 0.5) is 0 Å². The van der Waals surface area contributed by atoms with Gasteiger partial charge in [-0.05, 0) is 12.0 Å². The van der Waals surface area contributed by atoms with Gasteiger partial charge in [-0.1, -0.05) is 32.1 Å². The number of allylic oxidation sites excluding steroid dienone is 2. The monoisotopic (exact) mass is 234 g/mol. The lowest BCUT2D eigenvalue weighted by Crippen LogP contribution is -2.56. The van der Waals surface area contributed by atoms with Gasteiger partial charge >= 0.3 is 0 Å². The van der Waals surface area contributed by atoms with Crippen molar-refractivity contribution in [2.45, 2.75) is 19.6 Å². The Hall–Kier alpha value is -0.930. The molecule has 3 heteroatoms. The molecule has 1 fully saturated rings. The molecule has 3 nitrogen and oxygen atoms in total. The molecule has 0 N–H and O–H groups in total. The highest BCUT2D eigenvalue weighted by Crippen LogP contribution is 2.57. The number of ketones is 1. The first kappa shape index (κ1) is 11.2. The van der Waals surface area contributed by atoms with Crippen LogP contribution in [-0.4, -0.2) is 25.3 Å². The highest BCUT2D eigenvalue weighted by atomic mass is 16.7. The van der Waals surface area contributed by atoms with Crippen molar-refractivity contribution in [2.75, 3.05) is 13.7 Å². The van der Waals surface area contributed by atoms with E-state index < -0.39 is 5.79 Å². The van der Waals surface area contributed by atoms with Gasteiger partial charge in [0.2, 0.25) is 11.6 Å². The number of hydrogen-bond acceptors (Lipinski definition) is 3. The van der Waals surface area contributed by atoms with Crippen LogP contribution >= 0.6 is 0 Å². The number of rotatable bonds is 1. The average Bonchev–Trinajstić information content (AvgIpc) is 2.72. The smallest absolute Gasteiger partial charge is 0.237 e. The second-order valence-corrected chi connectivity index (χ2v) is 5.56. The van der Waals surface area contributed by atoms with E-state index in [4.69, 9.17) is 9.47 Å². The third-order valence-electron chi connectivity index (χ3n) is 4.87. The maximum atomic E-state index is 12.1. The number of ether oxygens (including phenoxy) is 2. The predicted molar refractivity (Wildman–Crippen MR) is 63.2 cm³/mol. The van der Waals surface area contributed by atoms with Crippen LogP contribution in [0.2, 0.25) is 0 Å². The van der Waals surface area contributed by atoms with Crippen LogP contribution in [0.3, 0.4) is 0 Å². The second-order valence-electron chi connectivity index (χ2n) is 5.56. The lowest BCUT2D eigenvalue weighted by atomic mass is 9.56. The summed E-state index contributed by atoms with van der Waals surface area (Å²) >= 11 is 0. The minimum Gasteiger partial charge on any atom is -0.346 e. The minimum atomic E-state index is -1.05. The molecule has 0 aromatic carbocycles. The van der Waals surface area contributed by atoms with Gasteiger partial charge in [0.15, 0.2) is 0 Å². The van der Waals surface area contributed by atoms with E-state index in [1.54, 1.807) is 13.2 Å². The number of methoxy groups -OCH3 is 1. The topological polar surface area (TPSA) is 35.5 Å². The quantitative estimate of drug-likeness (QED) is 0.650. The van der Waals surface area contributed by atoms with Crippen LogP contribution < -0.4 is 0 Å². The predicted octanol–water partition coefficient (Wildman–Crippen LogP) is 1.94. The molecular weight excluding hydrogens is 216 g/mol. The van der Waals surface area contributed by atoms with Gasteiger partial charge in [-0.15, -0.1) is 0 Å². The summed E-state index contributed by atoms with van der Waals surface area (Å²) in [5.74, 6) is -0.327. The van der Waals surface area contributed by atoms with Crippen LogP contribution in [0, 0.1) is 23.2 Å². The summed E-state index contributed by atoms with van der Waals surface area (Å²) in [7, 11) is 1.57. The van der Waals surface area contributed by atoms with E-state index in [-0.39, 0.29) is 23.0 Å². The molecule has 0 amide bonds. The molecule has 0 saturated carbocycles. The van der Waals surface area contributed by atoms with Crippen LogP contribution in [0.25, 0.3) is 0 Å². The van der Waals surface area contributed by atoms with Gasteiger partial charge in [-0.2, -0.15) is 0 Å². The van der Waals surface area contributed by atoms with Crippen LogP contribution in [0.15, 0.2) is 24.3 Å². The Morgan fingerprint density at radius 3 is 2.94 bits per heavy atom. The molecule has 0 bridgehead atoms. The number of carbonyl (C=O) groups is 1. The normalized spacial score (nSPS) is 51.7. The van der Waals surface area contributed by atoms with Gasteiger partial charge < -0.3 is 9.47 Å². The highest BCUT2D eigenvalue weighted by molar-refractivity contribution is 5.97. The molecule has 1 heterocycles. The van der Waals surface area contributed by atoms with Crippen molar-refractivity contribution in [3.05, 3.63) is 24.3 Å². The van der Waals surface area contributed by atoms with Gasteiger partial charge in [-0.3, -0.25) is 4.79 Å². The maximum Gasteiger partial charge on any atom is 0.237 e. The van der Waals surface area contributed by atoms with Crippen molar-refractivity contribution in [1.29, 1.82) is 0 Å². The highest BCUT2D eigenvalue weighted by Gasteiger charge is 2.64. The molecule has 3 aliphatic rings. The molecule has 0 aromatic rings. The van der Waals surface area contributed by atoms with Crippen molar-refractivity contribution in [3.8, 4) is 0 Å². The molecule has 1 saturated heterocycles. The Morgan fingerprint density at radius 1 is 1.47 bits per heavy atom. The molecule has 1 aliphatic heterocycles. The van der Waals surface area contributed by atoms with E-state index in [0.29, 0.717) is 12.5 Å². The van der Waals surface area contributed by atoms with E-state index in [1.165, 1.54) is 0 Å². The third kappa shape index (κ3) is 1.16. The molecule has 2 aliphatic carbocycles. The van der Waals surface area contributed by atoms with E-state index in [9.17, 15) is 4.79 Å². The summed E-state index contributed by atoms with van der Waals surface area (Å²) in [6.07, 6.45) is 8.10. The number of carbonyl (C=O) groups excluding carboxylic acids is 1. The van der Waals surface area contributed by atoms with Crippen molar-refractivity contribution >= 4 is 5.78 Å². The fourth-order valence-corrected chi connectivity index (χ4v) is 3.66. The number of hydrogen-bond donors (Lipinski definition) is 0. The third-order valence-corrected chi connectivity index (χ3v) is 4.87. The SMILES string of the molecule is CO[C@]12OC[C@@H]3C=C[C@H](C)[C@](C)(C=CC1=O)[C@@H]32. The van der Waals surface area contributed by atoms with Crippen molar-refractivity contribution in [1.82, 2.24) is 0 Å². The Morgan fingerprint density at radius 2 is 2.24 bits per heavy atom. The Kier molecular flexibility index (Phi) is 2.17. The Labute approximate surface area is 101 Å². The zero-order valence-electron chi connectivity index (χ0n) is 10.5. The summed E-state index contributed by atoms with van der Waals surface area (Å²) in [5, 5.41) is 0. The molecule has 0 unspecified atom stereocenters. The van der Waals surface area contributed by atoms with Gasteiger partial charge in [0.05, 0.1) is 6.61 Å². The first-order valence-corrected chi connectivity index (χ1v) is 6.15. The van der Waals surface area contributed by atoms with Crippen LogP contribution in [0.1, 0.15) is 13.8 Å². The molecule has 0 spiro atoms. The van der Waals surface area contributed by atoms with E-state index in [0.717, 1.165) is 0 Å². The first-order chi connectivity index (χ1) is 8.04. The zero-order chi connectivity index (χ0) is 12.3. The summed E-state index contributed by atoms with van der Waals surface area (Å²) in [6, 6.07) is 0. The zero-order valence-corrected chi connectivity index (χ0v) is 10.5. The molecule has 5 atom stereocenters. The van der Waals surface area contributed by atoms with Crippen molar-refractivity contribution in [3.63, 3.8) is 0 Å². The lowest BCUT2D eigenvalue weighted by molar-refractivity contribution is -0.224. The summed E-state index contributed by atoms with van der Waals surface area (Å²) < 4.78 is 11.3. The van der Waals surface area contributed by atoms with E-state index in [2.05, 4.69) is 26.0 Å². The molecule has 0 aromatic heterocycles. The van der Waals surface area contributed by atoms with E-state index >= 15 is 0 Å². The standard InChI is InChI=1S/C14H18O3/c1-9-4-5-10-8-17-14(16-3)11(15)6-7-13(9,2)12(10)14/h4-7,9-10,12H,8H2,1-3H3/t9-,10-,12+,13-,14-/m0/s1. The average molecular weight is 234 g/mol. The largest absolute Gasteiger partial charge is 0.346 e. The van der Waals surface area contributed by atoms with Gasteiger partial charge in [0, 0.05) is 24.4 Å². The van der Waals surface area contributed by atoms with E-state index in [1.807, 2.05) is 6.08 Å². The molecule has 92 valence electrons. The fourth-order valence-electron chi connectivity index (χ4n) is 3.66. The maximum absolute atomic E-state index is 12.1. The molecule has 3 rings (SSSR count). The van der Waals surface area contributed by atoms with Crippen molar-refractivity contribution < 1.29 is 14.3 Å². The second kappa shape index (κ2) is 3.30. The van der Waals surface area contributed by atoms with Crippen molar-refractivity contribution in [2.24, 2.45) is 23.2 Å². The minimum absolute atomic E-state index is 0.0486. The molecular formula is C14H18O3. The summed E-state index contributed by atoms with van der Waals surface area (Å²) in [6.45, 7) is 4.96.